The summed E-state index contributed by atoms with van der Waals surface area (Å²) in [6.07, 6.45) is 3.21. The van der Waals surface area contributed by atoms with Gasteiger partial charge in [0.2, 0.25) is 0 Å². The van der Waals surface area contributed by atoms with Crippen molar-refractivity contribution in [3.05, 3.63) is 60.1 Å². The van der Waals surface area contributed by atoms with Gasteiger partial charge in [-0.15, -0.1) is 10.2 Å². The van der Waals surface area contributed by atoms with Crippen LogP contribution in [0.4, 0.5) is 0 Å². The molecule has 0 N–H and O–H groups in total. The number of benzene rings is 1. The predicted molar refractivity (Wildman–Crippen MR) is 103 cm³/mol. The van der Waals surface area contributed by atoms with Gasteiger partial charge in [0.15, 0.2) is 5.76 Å². The first-order chi connectivity index (χ1) is 13.5. The lowest BCUT2D eigenvalue weighted by atomic mass is 10.1. The molecule has 0 bridgehead atoms. The fourth-order valence-corrected chi connectivity index (χ4v) is 2.65. The molecular formula is C20H19N5O3. The van der Waals surface area contributed by atoms with Crippen molar-refractivity contribution in [2.45, 2.75) is 6.92 Å². The fourth-order valence-electron chi connectivity index (χ4n) is 2.65. The fraction of sp³-hybridized carbons (Fsp3) is 0.150. The zero-order chi connectivity index (χ0) is 19.7. The number of carbonyl (C=O) groups excluding carboxylic acids is 1. The van der Waals surface area contributed by atoms with Crippen molar-refractivity contribution in [3.8, 4) is 34.5 Å². The van der Waals surface area contributed by atoms with E-state index in [0.717, 1.165) is 5.56 Å². The number of hydrogen-bond acceptors (Lipinski definition) is 7. The minimum atomic E-state index is -0.0569. The number of amides is 1. The molecule has 4 aromatic rings. The molecule has 4 rings (SSSR count). The molecule has 28 heavy (non-hydrogen) atoms. The number of nitrogens with zero attached hydrogens (tertiary/aromatic N) is 5. The Hall–Kier alpha value is -3.81. The van der Waals surface area contributed by atoms with E-state index in [1.165, 1.54) is 11.2 Å². The molecule has 0 saturated heterocycles. The van der Waals surface area contributed by atoms with Crippen LogP contribution in [0, 0.1) is 6.92 Å². The molecule has 3 heterocycles. The van der Waals surface area contributed by atoms with Gasteiger partial charge in [-0.2, -0.15) is 0 Å². The van der Waals surface area contributed by atoms with Gasteiger partial charge in [-0.1, -0.05) is 12.1 Å². The minimum Gasteiger partial charge on any atom is -0.459 e. The third-order valence-electron chi connectivity index (χ3n) is 4.15. The van der Waals surface area contributed by atoms with Gasteiger partial charge in [-0.25, -0.2) is 4.98 Å². The van der Waals surface area contributed by atoms with Gasteiger partial charge in [0.05, 0.1) is 23.8 Å². The number of carbonyl (C=O) groups is 1. The largest absolute Gasteiger partial charge is 0.459 e. The van der Waals surface area contributed by atoms with Crippen LogP contribution in [0.15, 0.2) is 57.7 Å². The molecule has 8 heteroatoms. The highest BCUT2D eigenvalue weighted by Crippen LogP contribution is 2.26. The second-order valence-corrected chi connectivity index (χ2v) is 6.36. The van der Waals surface area contributed by atoms with E-state index in [0.29, 0.717) is 28.4 Å². The van der Waals surface area contributed by atoms with Crippen molar-refractivity contribution >= 4 is 5.91 Å². The zero-order valence-electron chi connectivity index (χ0n) is 15.6. The average Bonchev–Trinajstić information content (AvgIpc) is 3.39. The maximum Gasteiger partial charge on any atom is 0.283 e. The normalized spacial score (nSPS) is 10.8. The molecule has 0 radical (unpaired) electrons. The molecule has 0 fully saturated rings. The van der Waals surface area contributed by atoms with Crippen molar-refractivity contribution in [3.63, 3.8) is 0 Å². The van der Waals surface area contributed by atoms with Crippen molar-refractivity contribution in [2.75, 3.05) is 14.1 Å². The lowest BCUT2D eigenvalue weighted by Gasteiger charge is -2.10. The second-order valence-electron chi connectivity index (χ2n) is 6.36. The standard InChI is InChI=1S/C20H17N5O3.H2/c1-12-17(19-24-23-18(28-19)16-5-4-10-27-16)22-15(11-21-12)13-6-8-14(9-7-13)20(26)25(2)3;/h4-11H,1-3H3;1H. The SMILES string of the molecule is Cc1ncc(-c2ccc(C(=O)N(C)C)cc2)nc1-c1nnc(-c2ccco2)o1.[HH]. The molecule has 8 nitrogen and oxygen atoms in total. The summed E-state index contributed by atoms with van der Waals surface area (Å²) in [6.45, 7) is 1.82. The summed E-state index contributed by atoms with van der Waals surface area (Å²) < 4.78 is 11.0. The molecule has 0 aliphatic carbocycles. The highest BCUT2D eigenvalue weighted by molar-refractivity contribution is 5.94. The van der Waals surface area contributed by atoms with Gasteiger partial charge in [-0.3, -0.25) is 9.78 Å². The van der Waals surface area contributed by atoms with Crippen LogP contribution in [-0.2, 0) is 0 Å². The lowest BCUT2D eigenvalue weighted by molar-refractivity contribution is 0.0827. The summed E-state index contributed by atoms with van der Waals surface area (Å²) in [4.78, 5) is 22.6. The Morgan fingerprint density at radius 3 is 2.50 bits per heavy atom. The van der Waals surface area contributed by atoms with E-state index in [-0.39, 0.29) is 19.1 Å². The number of hydrogen-bond donors (Lipinski definition) is 0. The average molecular weight is 377 g/mol. The number of aromatic nitrogens is 4. The van der Waals surface area contributed by atoms with Gasteiger partial charge in [0, 0.05) is 26.6 Å². The smallest absolute Gasteiger partial charge is 0.283 e. The first kappa shape index (κ1) is 17.6. The van der Waals surface area contributed by atoms with Crippen LogP contribution in [-0.4, -0.2) is 45.1 Å². The van der Waals surface area contributed by atoms with E-state index >= 15 is 0 Å². The van der Waals surface area contributed by atoms with E-state index in [4.69, 9.17) is 8.83 Å². The topological polar surface area (TPSA) is 98.2 Å². The number of aryl methyl sites for hydroxylation is 1. The van der Waals surface area contributed by atoms with Gasteiger partial charge in [-0.05, 0) is 31.2 Å². The maximum absolute atomic E-state index is 12.0. The van der Waals surface area contributed by atoms with Crippen LogP contribution >= 0.6 is 0 Å². The molecule has 0 atom stereocenters. The van der Waals surface area contributed by atoms with Gasteiger partial charge < -0.3 is 13.7 Å². The summed E-state index contributed by atoms with van der Waals surface area (Å²) in [5.74, 6) is 0.969. The van der Waals surface area contributed by atoms with Gasteiger partial charge in [0.25, 0.3) is 17.7 Å². The molecule has 1 aromatic carbocycles. The molecule has 0 aliphatic rings. The van der Waals surface area contributed by atoms with Crippen LogP contribution in [0.25, 0.3) is 34.5 Å². The highest BCUT2D eigenvalue weighted by atomic mass is 16.4. The summed E-state index contributed by atoms with van der Waals surface area (Å²) in [5.41, 5.74) is 3.24. The summed E-state index contributed by atoms with van der Waals surface area (Å²) >= 11 is 0. The highest BCUT2D eigenvalue weighted by Gasteiger charge is 2.17. The molecule has 0 saturated carbocycles. The second kappa shape index (κ2) is 7.07. The summed E-state index contributed by atoms with van der Waals surface area (Å²) in [6, 6.07) is 10.7. The number of furan rings is 1. The first-order valence-corrected chi connectivity index (χ1v) is 8.56. The van der Waals surface area contributed by atoms with Crippen LogP contribution in [0.2, 0.25) is 0 Å². The van der Waals surface area contributed by atoms with Crippen molar-refractivity contribution in [1.82, 2.24) is 25.1 Å². The Morgan fingerprint density at radius 1 is 1.07 bits per heavy atom. The first-order valence-electron chi connectivity index (χ1n) is 8.56. The molecule has 0 aliphatic heterocycles. The Labute approximate surface area is 162 Å². The molecular weight excluding hydrogens is 358 g/mol. The quantitative estimate of drug-likeness (QED) is 0.534. The van der Waals surface area contributed by atoms with Crippen LogP contribution in [0.5, 0.6) is 0 Å². The van der Waals surface area contributed by atoms with E-state index in [1.807, 2.05) is 19.1 Å². The van der Waals surface area contributed by atoms with E-state index in [9.17, 15) is 4.79 Å². The molecule has 142 valence electrons. The Bertz CT molecular complexity index is 1120. The number of rotatable bonds is 4. The molecule has 3 aromatic heterocycles. The molecule has 1 amide bonds. The Kier molecular flexibility index (Phi) is 4.44. The Morgan fingerprint density at radius 2 is 1.82 bits per heavy atom. The van der Waals surface area contributed by atoms with Crippen LogP contribution in [0.1, 0.15) is 17.5 Å². The van der Waals surface area contributed by atoms with Crippen molar-refractivity contribution < 1.29 is 15.1 Å². The molecule has 0 spiro atoms. The third kappa shape index (κ3) is 3.27. The molecule has 0 unspecified atom stereocenters. The monoisotopic (exact) mass is 377 g/mol. The van der Waals surface area contributed by atoms with E-state index in [2.05, 4.69) is 20.2 Å². The summed E-state index contributed by atoms with van der Waals surface area (Å²) in [5, 5.41) is 8.07. The van der Waals surface area contributed by atoms with Crippen molar-refractivity contribution in [2.24, 2.45) is 0 Å². The van der Waals surface area contributed by atoms with Crippen LogP contribution < -0.4 is 0 Å². The minimum absolute atomic E-state index is 0. The summed E-state index contributed by atoms with van der Waals surface area (Å²) in [7, 11) is 3.44. The van der Waals surface area contributed by atoms with Gasteiger partial charge in [0.1, 0.15) is 5.69 Å². The van der Waals surface area contributed by atoms with E-state index in [1.54, 1.807) is 44.6 Å². The maximum atomic E-state index is 12.0. The zero-order valence-corrected chi connectivity index (χ0v) is 15.6. The van der Waals surface area contributed by atoms with Gasteiger partial charge >= 0.3 is 0 Å². The third-order valence-corrected chi connectivity index (χ3v) is 4.15. The lowest BCUT2D eigenvalue weighted by Crippen LogP contribution is -2.21. The van der Waals surface area contributed by atoms with Crippen LogP contribution in [0.3, 0.4) is 0 Å². The van der Waals surface area contributed by atoms with E-state index < -0.39 is 0 Å². The Balaban J connectivity index is 0.00000240. The van der Waals surface area contributed by atoms with Crippen molar-refractivity contribution in [1.29, 1.82) is 0 Å². The predicted octanol–water partition coefficient (Wildman–Crippen LogP) is 3.71.